The zero-order valence-corrected chi connectivity index (χ0v) is 20.7. The number of amides is 1. The normalized spacial score (nSPS) is 12.4. The van der Waals surface area contributed by atoms with Gasteiger partial charge in [0.2, 0.25) is 26.0 Å². The average molecular weight is 487 g/mol. The molecule has 0 fully saturated rings. The van der Waals surface area contributed by atoms with Crippen LogP contribution in [0.5, 0.6) is 0 Å². The Hall–Kier alpha value is -1.99. The van der Waals surface area contributed by atoms with E-state index in [4.69, 9.17) is 0 Å². The van der Waals surface area contributed by atoms with E-state index in [9.17, 15) is 21.6 Å². The van der Waals surface area contributed by atoms with Crippen LogP contribution in [0.4, 0.5) is 5.69 Å². The van der Waals surface area contributed by atoms with Crippen LogP contribution in [-0.2, 0) is 24.8 Å². The van der Waals surface area contributed by atoms with Gasteiger partial charge in [-0.05, 0) is 49.2 Å². The van der Waals surface area contributed by atoms with E-state index in [0.29, 0.717) is 10.7 Å². The van der Waals surface area contributed by atoms with Crippen molar-refractivity contribution in [2.24, 2.45) is 0 Å². The number of aryl methyl sites for hydroxylation is 1. The lowest BCUT2D eigenvalue weighted by molar-refractivity contribution is -0.113. The highest BCUT2D eigenvalue weighted by atomic mass is 32.2. The summed E-state index contributed by atoms with van der Waals surface area (Å²) in [6, 6.07) is 5.99. The summed E-state index contributed by atoms with van der Waals surface area (Å²) in [5.74, 6) is -0.311. The van der Waals surface area contributed by atoms with E-state index in [1.54, 1.807) is 19.9 Å². The van der Waals surface area contributed by atoms with E-state index in [2.05, 4.69) is 10.3 Å². The van der Waals surface area contributed by atoms with Crippen LogP contribution in [-0.4, -0.2) is 70.3 Å². The van der Waals surface area contributed by atoms with Crippen LogP contribution in [0.3, 0.4) is 0 Å². The number of hydrogen-bond donors (Lipinski definition) is 1. The first kappa shape index (κ1) is 25.3. The third kappa shape index (κ3) is 5.83. The van der Waals surface area contributed by atoms with Crippen molar-refractivity contribution in [2.75, 3.05) is 39.3 Å². The van der Waals surface area contributed by atoms with Gasteiger partial charge in [0, 0.05) is 40.1 Å². The summed E-state index contributed by atoms with van der Waals surface area (Å²) in [5, 5.41) is 3.24. The summed E-state index contributed by atoms with van der Waals surface area (Å²) in [6.07, 6.45) is 1.25. The van der Waals surface area contributed by atoms with Crippen molar-refractivity contribution in [2.45, 2.75) is 28.7 Å². The number of carbonyl (C=O) groups excluding carboxylic acids is 1. The van der Waals surface area contributed by atoms with Crippen LogP contribution in [0.25, 0.3) is 0 Å². The van der Waals surface area contributed by atoms with E-state index >= 15 is 0 Å². The number of hydrogen-bond acceptors (Lipinski definition) is 7. The molecule has 2 rings (SSSR count). The Balaban J connectivity index is 2.12. The number of anilines is 1. The van der Waals surface area contributed by atoms with Crippen LogP contribution in [0, 0.1) is 13.8 Å². The summed E-state index contributed by atoms with van der Waals surface area (Å²) >= 11 is 1.14. The van der Waals surface area contributed by atoms with Gasteiger partial charge in [0.05, 0.1) is 15.7 Å². The minimum atomic E-state index is -3.64. The number of aromatic nitrogens is 1. The number of carbonyl (C=O) groups is 1. The van der Waals surface area contributed by atoms with E-state index in [1.807, 2.05) is 0 Å². The van der Waals surface area contributed by atoms with Gasteiger partial charge < -0.3 is 5.32 Å². The summed E-state index contributed by atoms with van der Waals surface area (Å²) < 4.78 is 51.3. The van der Waals surface area contributed by atoms with Gasteiger partial charge in [-0.1, -0.05) is 11.8 Å². The lowest BCUT2D eigenvalue weighted by atomic mass is 10.1. The first-order valence-corrected chi connectivity index (χ1v) is 13.0. The monoisotopic (exact) mass is 486 g/mol. The minimum absolute atomic E-state index is 0.0237. The number of nitrogens with zero attached hydrogens (tertiary/aromatic N) is 3. The van der Waals surface area contributed by atoms with Crippen LogP contribution in [0.2, 0.25) is 0 Å². The molecular formula is C19H26N4O5S3. The van der Waals surface area contributed by atoms with Crippen LogP contribution in [0.15, 0.2) is 45.3 Å². The Kier molecular flexibility index (Phi) is 7.87. The SMILES string of the molecule is Cc1cc(S(=O)(=O)N(C)C)cc(NC(=O)CSc2ccc(S(=O)(=O)N(C)C)cn2)c1C. The standard InChI is InChI=1S/C19H26N4O5S3/c1-13-9-16(31(27,28)23(5)6)10-17(14(13)2)21-18(24)12-29-19-8-7-15(11-20-19)30(25,26)22(3)4/h7-11H,12H2,1-6H3,(H,21,24). The molecule has 170 valence electrons. The summed E-state index contributed by atoms with van der Waals surface area (Å²) in [7, 11) is -1.44. The van der Waals surface area contributed by atoms with Crippen LogP contribution in [0.1, 0.15) is 11.1 Å². The topological polar surface area (TPSA) is 117 Å². The third-order valence-electron chi connectivity index (χ3n) is 4.53. The van der Waals surface area contributed by atoms with E-state index in [1.165, 1.54) is 52.6 Å². The summed E-state index contributed by atoms with van der Waals surface area (Å²) in [4.78, 5) is 16.7. The van der Waals surface area contributed by atoms with Gasteiger partial charge in [0.25, 0.3) is 0 Å². The molecule has 1 heterocycles. The van der Waals surface area contributed by atoms with Crippen molar-refractivity contribution in [3.8, 4) is 0 Å². The van der Waals surface area contributed by atoms with Gasteiger partial charge >= 0.3 is 0 Å². The van der Waals surface area contributed by atoms with Crippen molar-refractivity contribution in [3.63, 3.8) is 0 Å². The largest absolute Gasteiger partial charge is 0.325 e. The zero-order chi connectivity index (χ0) is 23.6. The fourth-order valence-corrected chi connectivity index (χ4v) is 4.96. The summed E-state index contributed by atoms with van der Waals surface area (Å²) in [6.45, 7) is 3.58. The molecule has 0 atom stereocenters. The lowest BCUT2D eigenvalue weighted by Crippen LogP contribution is -2.23. The summed E-state index contributed by atoms with van der Waals surface area (Å²) in [5.41, 5.74) is 1.93. The van der Waals surface area contributed by atoms with Gasteiger partial charge in [-0.3, -0.25) is 4.79 Å². The second-order valence-electron chi connectivity index (χ2n) is 7.16. The molecule has 0 spiro atoms. The third-order valence-corrected chi connectivity index (χ3v) is 9.07. The van der Waals surface area contributed by atoms with Crippen LogP contribution >= 0.6 is 11.8 Å². The molecule has 0 unspecified atom stereocenters. The van der Waals surface area contributed by atoms with Crippen molar-refractivity contribution in [1.82, 2.24) is 13.6 Å². The number of nitrogens with one attached hydrogen (secondary N) is 1. The van der Waals surface area contributed by atoms with Gasteiger partial charge in [-0.25, -0.2) is 30.4 Å². The smallest absolute Gasteiger partial charge is 0.244 e. The molecular weight excluding hydrogens is 460 g/mol. The number of pyridine rings is 1. The highest BCUT2D eigenvalue weighted by molar-refractivity contribution is 7.99. The van der Waals surface area contributed by atoms with Gasteiger partial charge in [-0.15, -0.1) is 0 Å². The molecule has 1 amide bonds. The highest BCUT2D eigenvalue weighted by Crippen LogP contribution is 2.26. The van der Waals surface area contributed by atoms with Gasteiger partial charge in [-0.2, -0.15) is 0 Å². The second-order valence-corrected chi connectivity index (χ2v) is 12.5. The molecule has 0 aliphatic carbocycles. The van der Waals surface area contributed by atoms with Crippen LogP contribution < -0.4 is 5.32 Å². The maximum absolute atomic E-state index is 12.4. The molecule has 0 saturated heterocycles. The van der Waals surface area contributed by atoms with E-state index in [0.717, 1.165) is 31.5 Å². The maximum atomic E-state index is 12.4. The molecule has 0 bridgehead atoms. The predicted molar refractivity (Wildman–Crippen MR) is 121 cm³/mol. The molecule has 0 radical (unpaired) electrons. The van der Waals surface area contributed by atoms with E-state index in [-0.39, 0.29) is 21.5 Å². The Bertz CT molecular complexity index is 1180. The molecule has 1 N–H and O–H groups in total. The zero-order valence-electron chi connectivity index (χ0n) is 18.2. The number of benzene rings is 1. The molecule has 2 aromatic rings. The Morgan fingerprint density at radius 2 is 1.55 bits per heavy atom. The fraction of sp³-hybridized carbons (Fsp3) is 0.368. The quantitative estimate of drug-likeness (QED) is 0.567. The van der Waals surface area contributed by atoms with Crippen molar-refractivity contribution in [3.05, 3.63) is 41.6 Å². The highest BCUT2D eigenvalue weighted by Gasteiger charge is 2.20. The molecule has 1 aromatic carbocycles. The maximum Gasteiger partial charge on any atom is 0.244 e. The first-order chi connectivity index (χ1) is 14.3. The first-order valence-electron chi connectivity index (χ1n) is 9.12. The van der Waals surface area contributed by atoms with E-state index < -0.39 is 20.0 Å². The molecule has 1 aromatic heterocycles. The van der Waals surface area contributed by atoms with Crippen molar-refractivity contribution >= 4 is 43.4 Å². The average Bonchev–Trinajstić information content (AvgIpc) is 2.69. The number of sulfonamides is 2. The van der Waals surface area contributed by atoms with Gasteiger partial charge in [0.1, 0.15) is 4.90 Å². The molecule has 0 saturated carbocycles. The van der Waals surface area contributed by atoms with Gasteiger partial charge in [0.15, 0.2) is 0 Å². The molecule has 31 heavy (non-hydrogen) atoms. The van der Waals surface area contributed by atoms with Crippen molar-refractivity contribution < 1.29 is 21.6 Å². The number of thioether (sulfide) groups is 1. The number of rotatable bonds is 8. The second kappa shape index (κ2) is 9.65. The Morgan fingerprint density at radius 1 is 0.968 bits per heavy atom. The Morgan fingerprint density at radius 3 is 2.06 bits per heavy atom. The molecule has 0 aliphatic heterocycles. The fourth-order valence-electron chi connectivity index (χ4n) is 2.46. The predicted octanol–water partition coefficient (Wildman–Crippen LogP) is 1.93. The molecule has 9 nitrogen and oxygen atoms in total. The lowest BCUT2D eigenvalue weighted by Gasteiger charge is -2.16. The minimum Gasteiger partial charge on any atom is -0.325 e. The van der Waals surface area contributed by atoms with Crippen molar-refractivity contribution in [1.29, 1.82) is 0 Å². The molecule has 0 aliphatic rings. The molecule has 12 heteroatoms. The Labute approximate surface area is 188 Å².